The van der Waals surface area contributed by atoms with E-state index in [1.54, 1.807) is 0 Å². The van der Waals surface area contributed by atoms with Crippen LogP contribution in [0, 0.1) is 6.92 Å². The maximum absolute atomic E-state index is 4.38. The van der Waals surface area contributed by atoms with Crippen LogP contribution in [-0.2, 0) is 6.67 Å². The van der Waals surface area contributed by atoms with Crippen LogP contribution in [0.3, 0.4) is 0 Å². The molecule has 0 radical (unpaired) electrons. The van der Waals surface area contributed by atoms with Crippen LogP contribution in [0.1, 0.15) is 24.2 Å². The van der Waals surface area contributed by atoms with Gasteiger partial charge in [0, 0.05) is 42.7 Å². The van der Waals surface area contributed by atoms with E-state index < -0.39 is 0 Å². The summed E-state index contributed by atoms with van der Waals surface area (Å²) in [6.07, 6.45) is 13.2. The van der Waals surface area contributed by atoms with Crippen LogP contribution in [0.5, 0.6) is 0 Å². The van der Waals surface area contributed by atoms with Crippen molar-refractivity contribution in [2.45, 2.75) is 32.7 Å². The number of allylic oxidation sites excluding steroid dienone is 1. The highest BCUT2D eigenvalue weighted by Crippen LogP contribution is 2.38. The average Bonchev–Trinajstić information content (AvgIpc) is 3.29. The minimum Gasteiger partial charge on any atom is -0.336 e. The zero-order valence-electron chi connectivity index (χ0n) is 13.8. The molecular formula is C19H21N5. The molecule has 122 valence electrons. The van der Waals surface area contributed by atoms with Crippen LogP contribution in [0.15, 0.2) is 54.8 Å². The molecule has 5 heteroatoms. The Labute approximate surface area is 142 Å². The van der Waals surface area contributed by atoms with Gasteiger partial charge >= 0.3 is 0 Å². The van der Waals surface area contributed by atoms with Crippen molar-refractivity contribution in [2.75, 3.05) is 11.4 Å². The van der Waals surface area contributed by atoms with E-state index in [1.807, 2.05) is 6.20 Å². The molecule has 0 saturated carbocycles. The Morgan fingerprint density at radius 1 is 1.21 bits per heavy atom. The lowest BCUT2D eigenvalue weighted by Crippen LogP contribution is -2.51. The van der Waals surface area contributed by atoms with Gasteiger partial charge in [0.1, 0.15) is 5.82 Å². The summed E-state index contributed by atoms with van der Waals surface area (Å²) in [6, 6.07) is 8.64. The van der Waals surface area contributed by atoms with E-state index in [4.69, 9.17) is 0 Å². The van der Waals surface area contributed by atoms with Crippen molar-refractivity contribution in [3.8, 4) is 0 Å². The second-order valence-corrected chi connectivity index (χ2v) is 6.68. The molecule has 0 amide bonds. The molecule has 0 aliphatic carbocycles. The number of hydrogen-bond donors (Lipinski definition) is 0. The van der Waals surface area contributed by atoms with Gasteiger partial charge in [0.05, 0.1) is 6.67 Å². The number of imidazole rings is 1. The smallest absolute Gasteiger partial charge is 0.186 e. The van der Waals surface area contributed by atoms with Gasteiger partial charge in [-0.1, -0.05) is 18.2 Å². The number of para-hydroxylation sites is 1. The molecule has 5 rings (SSSR count). The summed E-state index contributed by atoms with van der Waals surface area (Å²) >= 11 is 0. The van der Waals surface area contributed by atoms with E-state index in [9.17, 15) is 0 Å². The molecule has 1 saturated heterocycles. The Morgan fingerprint density at radius 2 is 2.12 bits per heavy atom. The average molecular weight is 319 g/mol. The van der Waals surface area contributed by atoms with Gasteiger partial charge in [-0.05, 0) is 37.5 Å². The fourth-order valence-corrected chi connectivity index (χ4v) is 4.02. The maximum atomic E-state index is 4.38. The van der Waals surface area contributed by atoms with Crippen molar-refractivity contribution in [1.29, 1.82) is 0 Å². The monoisotopic (exact) mass is 319 g/mol. The van der Waals surface area contributed by atoms with Crippen LogP contribution >= 0.6 is 0 Å². The van der Waals surface area contributed by atoms with Crippen molar-refractivity contribution in [2.24, 2.45) is 0 Å². The third-order valence-corrected chi connectivity index (χ3v) is 5.19. The number of fused-ring (bicyclic) bond motifs is 2. The van der Waals surface area contributed by atoms with Crippen molar-refractivity contribution in [1.82, 2.24) is 19.4 Å². The Kier molecular flexibility index (Phi) is 2.95. The Morgan fingerprint density at radius 3 is 3.04 bits per heavy atom. The van der Waals surface area contributed by atoms with E-state index in [0.29, 0.717) is 0 Å². The highest BCUT2D eigenvalue weighted by molar-refractivity contribution is 5.58. The zero-order chi connectivity index (χ0) is 16.1. The fraction of sp³-hybridized carbons (Fsp3) is 0.316. The third-order valence-electron chi connectivity index (χ3n) is 5.19. The predicted molar refractivity (Wildman–Crippen MR) is 94.6 cm³/mol. The lowest BCUT2D eigenvalue weighted by atomic mass is 10.2. The van der Waals surface area contributed by atoms with Gasteiger partial charge in [0.25, 0.3) is 0 Å². The lowest BCUT2D eigenvalue weighted by Gasteiger charge is -2.41. The molecule has 1 fully saturated rings. The number of nitrogens with zero attached hydrogens (tertiary/aromatic N) is 5. The Balaban J connectivity index is 1.54. The highest BCUT2D eigenvalue weighted by atomic mass is 15.6. The number of aromatic nitrogens is 2. The summed E-state index contributed by atoms with van der Waals surface area (Å²) in [7, 11) is 0. The van der Waals surface area contributed by atoms with Crippen LogP contribution in [-0.4, -0.2) is 32.2 Å². The first-order valence-corrected chi connectivity index (χ1v) is 8.58. The highest BCUT2D eigenvalue weighted by Gasteiger charge is 2.39. The quantitative estimate of drug-likeness (QED) is 0.850. The van der Waals surface area contributed by atoms with Crippen LogP contribution < -0.4 is 4.90 Å². The molecule has 2 aromatic rings. The summed E-state index contributed by atoms with van der Waals surface area (Å²) in [5.41, 5.74) is 4.05. The summed E-state index contributed by atoms with van der Waals surface area (Å²) in [5.74, 6) is 1.03. The lowest BCUT2D eigenvalue weighted by molar-refractivity contribution is 0.110. The summed E-state index contributed by atoms with van der Waals surface area (Å²) < 4.78 is 2.20. The molecule has 1 unspecified atom stereocenters. The number of anilines is 1. The molecule has 4 heterocycles. The minimum absolute atomic E-state index is 0.204. The number of benzene rings is 1. The first-order valence-electron chi connectivity index (χ1n) is 8.58. The van der Waals surface area contributed by atoms with Crippen LogP contribution in [0.25, 0.3) is 6.08 Å². The van der Waals surface area contributed by atoms with Gasteiger partial charge in [-0.2, -0.15) is 0 Å². The van der Waals surface area contributed by atoms with E-state index in [2.05, 4.69) is 80.1 Å². The third kappa shape index (κ3) is 1.97. The summed E-state index contributed by atoms with van der Waals surface area (Å²) in [5, 5.41) is 0. The van der Waals surface area contributed by atoms with Gasteiger partial charge < -0.3 is 19.3 Å². The molecule has 0 spiro atoms. The molecule has 24 heavy (non-hydrogen) atoms. The van der Waals surface area contributed by atoms with Gasteiger partial charge in [0.15, 0.2) is 6.29 Å². The maximum Gasteiger partial charge on any atom is 0.186 e. The Hall–Kier alpha value is -2.69. The largest absolute Gasteiger partial charge is 0.336 e. The molecule has 0 bridgehead atoms. The molecule has 1 aromatic carbocycles. The summed E-state index contributed by atoms with van der Waals surface area (Å²) in [4.78, 5) is 11.8. The first kappa shape index (κ1) is 13.7. The van der Waals surface area contributed by atoms with Crippen molar-refractivity contribution in [3.63, 3.8) is 0 Å². The molecule has 3 aliphatic rings. The van der Waals surface area contributed by atoms with Crippen LogP contribution in [0.2, 0.25) is 0 Å². The minimum atomic E-state index is 0.204. The molecule has 0 N–H and O–H groups in total. The van der Waals surface area contributed by atoms with Gasteiger partial charge in [-0.15, -0.1) is 0 Å². The van der Waals surface area contributed by atoms with E-state index >= 15 is 0 Å². The van der Waals surface area contributed by atoms with Crippen molar-refractivity contribution < 1.29 is 0 Å². The number of hydrogen-bond acceptors (Lipinski definition) is 4. The predicted octanol–water partition coefficient (Wildman–Crippen LogP) is 3.18. The summed E-state index contributed by atoms with van der Waals surface area (Å²) in [6.45, 7) is 4.14. The SMILES string of the molecule is Cc1ccccc1N1C=C2CCCN2C1N1C=Cc2nccn2C1. The standard InChI is InChI=1S/C19H21N5/c1-15-5-2-3-7-17(15)24-13-16-6-4-10-23(16)19(24)22-11-8-18-20-9-12-21(18)14-22/h2-3,5,7-9,11-13,19H,4,6,10,14H2,1H3. The molecule has 1 aromatic heterocycles. The molecule has 5 nitrogen and oxygen atoms in total. The van der Waals surface area contributed by atoms with E-state index in [1.165, 1.54) is 29.8 Å². The van der Waals surface area contributed by atoms with Gasteiger partial charge in [-0.3, -0.25) is 0 Å². The van der Waals surface area contributed by atoms with E-state index in [0.717, 1.165) is 19.0 Å². The fourth-order valence-electron chi connectivity index (χ4n) is 4.02. The molecule has 1 atom stereocenters. The molecule has 3 aliphatic heterocycles. The normalized spacial score (nSPS) is 22.0. The van der Waals surface area contributed by atoms with Crippen LogP contribution in [0.4, 0.5) is 5.69 Å². The van der Waals surface area contributed by atoms with Crippen molar-refractivity contribution >= 4 is 11.8 Å². The Bertz CT molecular complexity index is 834. The zero-order valence-corrected chi connectivity index (χ0v) is 13.8. The van der Waals surface area contributed by atoms with Gasteiger partial charge in [0.2, 0.25) is 0 Å². The molecular weight excluding hydrogens is 298 g/mol. The van der Waals surface area contributed by atoms with Gasteiger partial charge in [-0.25, -0.2) is 4.98 Å². The number of aryl methyl sites for hydroxylation is 1. The topological polar surface area (TPSA) is 27.5 Å². The van der Waals surface area contributed by atoms with Crippen molar-refractivity contribution in [3.05, 3.63) is 66.1 Å². The second-order valence-electron chi connectivity index (χ2n) is 6.68. The first-order chi connectivity index (χ1) is 11.8. The second kappa shape index (κ2) is 5.16. The van der Waals surface area contributed by atoms with E-state index in [-0.39, 0.29) is 6.29 Å². The number of rotatable bonds is 2.